The Morgan fingerprint density at radius 1 is 1.62 bits per heavy atom. The molecule has 1 aromatic heterocycles. The van der Waals surface area contributed by atoms with Crippen LogP contribution in [0.2, 0.25) is 0 Å². The molecule has 0 aliphatic carbocycles. The zero-order valence-corrected chi connectivity index (χ0v) is 9.85. The van der Waals surface area contributed by atoms with E-state index in [0.29, 0.717) is 5.92 Å². The highest BCUT2D eigenvalue weighted by Gasteiger charge is 2.20. The number of ether oxygens (including phenoxy) is 1. The van der Waals surface area contributed by atoms with E-state index in [2.05, 4.69) is 20.1 Å². The molecule has 0 spiro atoms. The van der Waals surface area contributed by atoms with Crippen molar-refractivity contribution in [2.45, 2.75) is 31.7 Å². The Balaban J connectivity index is 1.94. The quantitative estimate of drug-likeness (QED) is 0.751. The fourth-order valence-electron chi connectivity index (χ4n) is 2.20. The fraction of sp³-hybridized carbons (Fsp3) is 0.818. The summed E-state index contributed by atoms with van der Waals surface area (Å²) >= 11 is 0. The van der Waals surface area contributed by atoms with Crippen LogP contribution in [-0.2, 0) is 11.3 Å². The first-order valence-electron chi connectivity index (χ1n) is 5.99. The molecular formula is C11H20N4O. The van der Waals surface area contributed by atoms with Crippen molar-refractivity contribution in [2.75, 3.05) is 26.8 Å². The Kier molecular flexibility index (Phi) is 4.30. The van der Waals surface area contributed by atoms with Crippen molar-refractivity contribution in [2.24, 2.45) is 0 Å². The number of nitrogens with zero attached hydrogens (tertiary/aromatic N) is 3. The SMILES string of the molecule is COCCCn1cnnc1C1CCCNC1. The van der Waals surface area contributed by atoms with E-state index in [1.807, 2.05) is 6.33 Å². The van der Waals surface area contributed by atoms with Crippen molar-refractivity contribution >= 4 is 0 Å². The van der Waals surface area contributed by atoms with Crippen LogP contribution in [0.3, 0.4) is 0 Å². The van der Waals surface area contributed by atoms with E-state index in [-0.39, 0.29) is 0 Å². The van der Waals surface area contributed by atoms with Gasteiger partial charge in [-0.25, -0.2) is 0 Å². The zero-order valence-electron chi connectivity index (χ0n) is 9.85. The maximum Gasteiger partial charge on any atom is 0.137 e. The number of rotatable bonds is 5. The molecule has 5 nitrogen and oxygen atoms in total. The van der Waals surface area contributed by atoms with E-state index in [9.17, 15) is 0 Å². The van der Waals surface area contributed by atoms with Gasteiger partial charge in [0.25, 0.3) is 0 Å². The fourth-order valence-corrected chi connectivity index (χ4v) is 2.20. The molecule has 1 atom stereocenters. The third-order valence-corrected chi connectivity index (χ3v) is 3.05. The second kappa shape index (κ2) is 5.96. The van der Waals surface area contributed by atoms with Gasteiger partial charge in [-0.05, 0) is 25.8 Å². The molecule has 1 aliphatic heterocycles. The molecule has 1 saturated heterocycles. The average molecular weight is 224 g/mol. The Bertz CT molecular complexity index is 307. The highest BCUT2D eigenvalue weighted by atomic mass is 16.5. The summed E-state index contributed by atoms with van der Waals surface area (Å²) in [7, 11) is 1.73. The summed E-state index contributed by atoms with van der Waals surface area (Å²) < 4.78 is 7.22. The van der Waals surface area contributed by atoms with Crippen molar-refractivity contribution in [3.63, 3.8) is 0 Å². The summed E-state index contributed by atoms with van der Waals surface area (Å²) in [5, 5.41) is 11.7. The van der Waals surface area contributed by atoms with E-state index >= 15 is 0 Å². The molecule has 90 valence electrons. The first kappa shape index (κ1) is 11.5. The monoisotopic (exact) mass is 224 g/mol. The first-order valence-corrected chi connectivity index (χ1v) is 5.99. The number of piperidine rings is 1. The van der Waals surface area contributed by atoms with Gasteiger partial charge in [0.05, 0.1) is 0 Å². The molecule has 2 rings (SSSR count). The van der Waals surface area contributed by atoms with E-state index < -0.39 is 0 Å². The van der Waals surface area contributed by atoms with E-state index in [4.69, 9.17) is 4.74 Å². The molecule has 0 amide bonds. The van der Waals surface area contributed by atoms with Gasteiger partial charge in [0, 0.05) is 32.7 Å². The number of aryl methyl sites for hydroxylation is 1. The van der Waals surface area contributed by atoms with Crippen LogP contribution in [0, 0.1) is 0 Å². The molecule has 0 bridgehead atoms. The molecule has 5 heteroatoms. The first-order chi connectivity index (χ1) is 7.92. The molecule has 0 saturated carbocycles. The van der Waals surface area contributed by atoms with Crippen LogP contribution >= 0.6 is 0 Å². The topological polar surface area (TPSA) is 52.0 Å². The minimum absolute atomic E-state index is 0.527. The highest BCUT2D eigenvalue weighted by molar-refractivity contribution is 4.99. The summed E-state index contributed by atoms with van der Waals surface area (Å²) in [6, 6.07) is 0. The van der Waals surface area contributed by atoms with E-state index in [1.54, 1.807) is 7.11 Å². The summed E-state index contributed by atoms with van der Waals surface area (Å²) in [6.07, 6.45) is 5.30. The van der Waals surface area contributed by atoms with Gasteiger partial charge >= 0.3 is 0 Å². The minimum Gasteiger partial charge on any atom is -0.385 e. The molecular weight excluding hydrogens is 204 g/mol. The summed E-state index contributed by atoms with van der Waals surface area (Å²) in [5.41, 5.74) is 0. The number of methoxy groups -OCH3 is 1. The maximum atomic E-state index is 5.06. The molecule has 1 N–H and O–H groups in total. The van der Waals surface area contributed by atoms with Crippen LogP contribution in [0.5, 0.6) is 0 Å². The predicted molar refractivity (Wildman–Crippen MR) is 61.4 cm³/mol. The van der Waals surface area contributed by atoms with Gasteiger partial charge in [0.15, 0.2) is 0 Å². The van der Waals surface area contributed by atoms with E-state index in [0.717, 1.165) is 38.5 Å². The zero-order chi connectivity index (χ0) is 11.2. The number of nitrogens with one attached hydrogen (secondary N) is 1. The Morgan fingerprint density at radius 3 is 3.31 bits per heavy atom. The minimum atomic E-state index is 0.527. The van der Waals surface area contributed by atoms with Crippen molar-refractivity contribution in [3.05, 3.63) is 12.2 Å². The lowest BCUT2D eigenvalue weighted by Crippen LogP contribution is -2.30. The second-order valence-corrected chi connectivity index (χ2v) is 4.27. The lowest BCUT2D eigenvalue weighted by Gasteiger charge is -2.22. The van der Waals surface area contributed by atoms with Gasteiger partial charge in [0.2, 0.25) is 0 Å². The van der Waals surface area contributed by atoms with Crippen LogP contribution < -0.4 is 5.32 Å². The van der Waals surface area contributed by atoms with Gasteiger partial charge in [-0.2, -0.15) is 0 Å². The van der Waals surface area contributed by atoms with Crippen molar-refractivity contribution in [3.8, 4) is 0 Å². The van der Waals surface area contributed by atoms with Crippen LogP contribution in [-0.4, -0.2) is 41.6 Å². The number of hydrogen-bond acceptors (Lipinski definition) is 4. The van der Waals surface area contributed by atoms with Gasteiger partial charge in [-0.1, -0.05) is 0 Å². The Hall–Kier alpha value is -0.940. The smallest absolute Gasteiger partial charge is 0.137 e. The highest BCUT2D eigenvalue weighted by Crippen LogP contribution is 2.21. The molecule has 1 aromatic rings. The predicted octanol–water partition coefficient (Wildman–Crippen LogP) is 0.782. The van der Waals surface area contributed by atoms with Crippen LogP contribution in [0.25, 0.3) is 0 Å². The Labute approximate surface area is 96.2 Å². The summed E-state index contributed by atoms with van der Waals surface area (Å²) in [5.74, 6) is 1.65. The average Bonchev–Trinajstić information content (AvgIpc) is 2.79. The van der Waals surface area contributed by atoms with Gasteiger partial charge in [0.1, 0.15) is 12.2 Å². The maximum absolute atomic E-state index is 5.06. The summed E-state index contributed by atoms with van der Waals surface area (Å²) in [6.45, 7) is 3.91. The largest absolute Gasteiger partial charge is 0.385 e. The van der Waals surface area contributed by atoms with Crippen molar-refractivity contribution in [1.82, 2.24) is 20.1 Å². The lowest BCUT2D eigenvalue weighted by molar-refractivity contribution is 0.189. The molecule has 1 fully saturated rings. The third-order valence-electron chi connectivity index (χ3n) is 3.05. The van der Waals surface area contributed by atoms with Gasteiger partial charge in [-0.15, -0.1) is 10.2 Å². The van der Waals surface area contributed by atoms with Gasteiger partial charge < -0.3 is 14.6 Å². The molecule has 2 heterocycles. The van der Waals surface area contributed by atoms with Crippen LogP contribution in [0.4, 0.5) is 0 Å². The van der Waals surface area contributed by atoms with Crippen LogP contribution in [0.1, 0.15) is 31.0 Å². The second-order valence-electron chi connectivity index (χ2n) is 4.27. The number of aromatic nitrogens is 3. The third kappa shape index (κ3) is 2.80. The molecule has 0 radical (unpaired) electrons. The molecule has 1 unspecified atom stereocenters. The molecule has 1 aliphatic rings. The van der Waals surface area contributed by atoms with E-state index in [1.165, 1.54) is 12.8 Å². The number of hydrogen-bond donors (Lipinski definition) is 1. The van der Waals surface area contributed by atoms with Crippen molar-refractivity contribution < 1.29 is 4.74 Å². The lowest BCUT2D eigenvalue weighted by atomic mass is 9.99. The van der Waals surface area contributed by atoms with Crippen LogP contribution in [0.15, 0.2) is 6.33 Å². The standard InChI is InChI=1S/C11H20N4O/c1-16-7-3-6-15-9-13-14-11(15)10-4-2-5-12-8-10/h9-10,12H,2-8H2,1H3. The summed E-state index contributed by atoms with van der Waals surface area (Å²) in [4.78, 5) is 0. The Morgan fingerprint density at radius 2 is 2.56 bits per heavy atom. The van der Waals surface area contributed by atoms with Crippen molar-refractivity contribution in [1.29, 1.82) is 0 Å². The molecule has 16 heavy (non-hydrogen) atoms. The van der Waals surface area contributed by atoms with Gasteiger partial charge in [-0.3, -0.25) is 0 Å². The molecule has 0 aromatic carbocycles. The normalized spacial score (nSPS) is 21.2.